The first-order valence-electron chi connectivity index (χ1n) is 8.39. The summed E-state index contributed by atoms with van der Waals surface area (Å²) in [5.74, 6) is 0.0704. The Kier molecular flexibility index (Phi) is 7.42. The number of ketones is 1. The fourth-order valence-corrected chi connectivity index (χ4v) is 3.89. The van der Waals surface area contributed by atoms with E-state index in [4.69, 9.17) is 0 Å². The third kappa shape index (κ3) is 4.26. The van der Waals surface area contributed by atoms with Crippen molar-refractivity contribution < 1.29 is 9.36 Å². The largest absolute Gasteiger partial charge is 0.293 e. The number of benzene rings is 1. The second kappa shape index (κ2) is 8.58. The summed E-state index contributed by atoms with van der Waals surface area (Å²) in [7, 11) is -0.0213. The molecular weight excluding hydrogens is 291 g/mol. The van der Waals surface area contributed by atoms with Crippen LogP contribution in [-0.4, -0.2) is 10.9 Å². The third-order valence-corrected chi connectivity index (χ3v) is 5.39. The van der Waals surface area contributed by atoms with E-state index in [2.05, 4.69) is 13.8 Å². The standard InChI is InChI=1S/C19H29O2P/c1-6-8-10-19(22-21,11-9-7-2)18(20)17-15(4)12-14(3)13-16(17)5/h12-13H,6-11H2,1-5H3. The van der Waals surface area contributed by atoms with E-state index in [1.807, 2.05) is 32.9 Å². The molecule has 0 fully saturated rings. The quantitative estimate of drug-likeness (QED) is 0.400. The van der Waals surface area contributed by atoms with E-state index < -0.39 is 5.16 Å². The lowest BCUT2D eigenvalue weighted by molar-refractivity contribution is 0.0924. The molecule has 0 saturated heterocycles. The molecule has 0 unspecified atom stereocenters. The summed E-state index contributed by atoms with van der Waals surface area (Å²) >= 11 is 0. The van der Waals surface area contributed by atoms with Crippen LogP contribution in [0.1, 0.15) is 79.4 Å². The topological polar surface area (TPSA) is 34.1 Å². The molecule has 1 rings (SSSR count). The minimum Gasteiger partial charge on any atom is -0.293 e. The van der Waals surface area contributed by atoms with Crippen molar-refractivity contribution in [1.29, 1.82) is 0 Å². The zero-order valence-electron chi connectivity index (χ0n) is 14.7. The van der Waals surface area contributed by atoms with E-state index in [1.54, 1.807) is 0 Å². The Bertz CT molecular complexity index is 503. The van der Waals surface area contributed by atoms with Crippen molar-refractivity contribution >= 4 is 14.2 Å². The Morgan fingerprint density at radius 3 is 1.82 bits per heavy atom. The van der Waals surface area contributed by atoms with Gasteiger partial charge in [-0.15, -0.1) is 0 Å². The zero-order chi connectivity index (χ0) is 16.8. The van der Waals surface area contributed by atoms with Gasteiger partial charge in [-0.3, -0.25) is 9.36 Å². The van der Waals surface area contributed by atoms with E-state index in [1.165, 1.54) is 5.56 Å². The minimum atomic E-state index is -0.739. The van der Waals surface area contributed by atoms with Crippen molar-refractivity contribution in [3.8, 4) is 0 Å². The van der Waals surface area contributed by atoms with Gasteiger partial charge in [-0.05, 0) is 44.7 Å². The summed E-state index contributed by atoms with van der Waals surface area (Å²) in [5, 5.41) is -0.739. The lowest BCUT2D eigenvalue weighted by Gasteiger charge is -2.27. The highest BCUT2D eigenvalue weighted by molar-refractivity contribution is 7.28. The van der Waals surface area contributed by atoms with Gasteiger partial charge >= 0.3 is 0 Å². The van der Waals surface area contributed by atoms with Gasteiger partial charge in [-0.1, -0.05) is 57.2 Å². The molecule has 0 aliphatic rings. The smallest absolute Gasteiger partial charge is 0.181 e. The summed E-state index contributed by atoms with van der Waals surface area (Å²) in [6.45, 7) is 10.2. The highest BCUT2D eigenvalue weighted by Crippen LogP contribution is 2.39. The molecule has 0 heterocycles. The first kappa shape index (κ1) is 19.0. The average Bonchev–Trinajstić information content (AvgIpc) is 2.47. The Balaban J connectivity index is 3.29. The van der Waals surface area contributed by atoms with E-state index in [-0.39, 0.29) is 14.2 Å². The molecule has 0 amide bonds. The van der Waals surface area contributed by atoms with Gasteiger partial charge in [-0.25, -0.2) is 0 Å². The monoisotopic (exact) mass is 320 g/mol. The Labute approximate surface area is 136 Å². The minimum absolute atomic E-state index is 0.0213. The maximum absolute atomic E-state index is 13.3. The van der Waals surface area contributed by atoms with Gasteiger partial charge in [0, 0.05) is 5.56 Å². The van der Waals surface area contributed by atoms with Gasteiger partial charge in [0.2, 0.25) is 0 Å². The van der Waals surface area contributed by atoms with Crippen LogP contribution in [0.15, 0.2) is 12.1 Å². The van der Waals surface area contributed by atoms with Gasteiger partial charge in [0.05, 0.1) is 0 Å². The predicted molar refractivity (Wildman–Crippen MR) is 94.4 cm³/mol. The van der Waals surface area contributed by atoms with Crippen LogP contribution in [0, 0.1) is 20.8 Å². The number of Topliss-reactive ketones (excluding diaryl/α,β-unsaturated/α-hetero) is 1. The summed E-state index contributed by atoms with van der Waals surface area (Å²) in [6.07, 6.45) is 5.33. The Morgan fingerprint density at radius 2 is 1.45 bits per heavy atom. The van der Waals surface area contributed by atoms with E-state index in [9.17, 15) is 9.36 Å². The number of hydrogen-bond donors (Lipinski definition) is 0. The first-order valence-corrected chi connectivity index (χ1v) is 9.20. The summed E-state index contributed by atoms with van der Waals surface area (Å²) in [4.78, 5) is 13.3. The molecule has 0 aliphatic heterocycles. The lowest BCUT2D eigenvalue weighted by Crippen LogP contribution is -2.34. The van der Waals surface area contributed by atoms with E-state index in [0.29, 0.717) is 12.8 Å². The van der Waals surface area contributed by atoms with Crippen LogP contribution < -0.4 is 0 Å². The van der Waals surface area contributed by atoms with E-state index in [0.717, 1.165) is 42.4 Å². The molecule has 0 N–H and O–H groups in total. The molecule has 0 saturated carbocycles. The van der Waals surface area contributed by atoms with Crippen LogP contribution in [-0.2, 0) is 4.57 Å². The Hall–Kier alpha value is -1.01. The normalized spacial score (nSPS) is 11.9. The molecule has 0 atom stereocenters. The zero-order valence-corrected chi connectivity index (χ0v) is 15.6. The number of hydrogen-bond acceptors (Lipinski definition) is 2. The van der Waals surface area contributed by atoms with Gasteiger partial charge in [0.25, 0.3) is 0 Å². The first-order chi connectivity index (χ1) is 10.4. The molecule has 0 spiro atoms. The Morgan fingerprint density at radius 1 is 1.00 bits per heavy atom. The highest BCUT2D eigenvalue weighted by atomic mass is 31.1. The molecule has 1 aromatic rings. The summed E-state index contributed by atoms with van der Waals surface area (Å²) in [6, 6.07) is 4.10. The predicted octanol–water partition coefficient (Wildman–Crippen LogP) is 6.21. The second-order valence-electron chi connectivity index (χ2n) is 6.43. The van der Waals surface area contributed by atoms with Gasteiger partial charge < -0.3 is 0 Å². The highest BCUT2D eigenvalue weighted by Gasteiger charge is 2.40. The molecular formula is C19H29O2P. The average molecular weight is 320 g/mol. The summed E-state index contributed by atoms with van der Waals surface area (Å²) in [5.41, 5.74) is 3.95. The summed E-state index contributed by atoms with van der Waals surface area (Å²) < 4.78 is 12.0. The fourth-order valence-electron chi connectivity index (χ4n) is 3.19. The number of unbranched alkanes of at least 4 members (excludes halogenated alkanes) is 2. The van der Waals surface area contributed by atoms with Gasteiger partial charge in [0.15, 0.2) is 14.2 Å². The number of aryl methyl sites for hydroxylation is 3. The van der Waals surface area contributed by atoms with Crippen LogP contribution in [0.2, 0.25) is 0 Å². The number of rotatable bonds is 9. The van der Waals surface area contributed by atoms with Gasteiger partial charge in [-0.2, -0.15) is 0 Å². The van der Waals surface area contributed by atoms with E-state index >= 15 is 0 Å². The molecule has 0 aromatic heterocycles. The molecule has 122 valence electrons. The molecule has 1 aromatic carbocycles. The third-order valence-electron chi connectivity index (χ3n) is 4.39. The van der Waals surface area contributed by atoms with Crippen molar-refractivity contribution in [2.24, 2.45) is 0 Å². The van der Waals surface area contributed by atoms with Crippen molar-refractivity contribution in [3.05, 3.63) is 34.4 Å². The fraction of sp³-hybridized carbons (Fsp3) is 0.632. The van der Waals surface area contributed by atoms with Crippen molar-refractivity contribution in [3.63, 3.8) is 0 Å². The van der Waals surface area contributed by atoms with Crippen LogP contribution >= 0.6 is 8.46 Å². The molecule has 3 heteroatoms. The molecule has 22 heavy (non-hydrogen) atoms. The lowest BCUT2D eigenvalue weighted by atomic mass is 9.83. The van der Waals surface area contributed by atoms with Crippen LogP contribution in [0.3, 0.4) is 0 Å². The molecule has 2 nitrogen and oxygen atoms in total. The van der Waals surface area contributed by atoms with Crippen LogP contribution in [0.25, 0.3) is 0 Å². The molecule has 0 bridgehead atoms. The van der Waals surface area contributed by atoms with Crippen molar-refractivity contribution in [2.45, 2.75) is 78.3 Å². The van der Waals surface area contributed by atoms with Crippen molar-refractivity contribution in [2.75, 3.05) is 0 Å². The maximum atomic E-state index is 13.3. The number of carbonyl (C=O) groups is 1. The second-order valence-corrected chi connectivity index (χ2v) is 7.47. The van der Waals surface area contributed by atoms with Crippen LogP contribution in [0.5, 0.6) is 0 Å². The maximum Gasteiger partial charge on any atom is 0.181 e. The SMILES string of the molecule is CCCCC(CCCC)(P=O)C(=O)c1c(C)cc(C)cc1C. The molecule has 0 aliphatic carbocycles. The van der Waals surface area contributed by atoms with Crippen molar-refractivity contribution in [1.82, 2.24) is 0 Å². The molecule has 0 radical (unpaired) electrons. The van der Waals surface area contributed by atoms with Crippen LogP contribution in [0.4, 0.5) is 0 Å². The number of carbonyl (C=O) groups excluding carboxylic acids is 1. The van der Waals surface area contributed by atoms with Gasteiger partial charge in [0.1, 0.15) is 5.16 Å².